The molecule has 0 aromatic carbocycles. The van der Waals surface area contributed by atoms with E-state index in [0.717, 1.165) is 19.1 Å². The van der Waals surface area contributed by atoms with Gasteiger partial charge in [-0.3, -0.25) is 4.98 Å². The third kappa shape index (κ3) is 5.42. The molecular formula is C24H36N2O. The fourth-order valence-electron chi connectivity index (χ4n) is 5.39. The van der Waals surface area contributed by atoms with Crippen LogP contribution in [0.3, 0.4) is 0 Å². The van der Waals surface area contributed by atoms with Crippen LogP contribution in [0.1, 0.15) is 69.8 Å². The van der Waals surface area contributed by atoms with Gasteiger partial charge in [-0.25, -0.2) is 0 Å². The van der Waals surface area contributed by atoms with E-state index >= 15 is 0 Å². The summed E-state index contributed by atoms with van der Waals surface area (Å²) in [6.45, 7) is 4.66. The predicted molar refractivity (Wildman–Crippen MR) is 112 cm³/mol. The summed E-state index contributed by atoms with van der Waals surface area (Å²) >= 11 is 0. The quantitative estimate of drug-likeness (QED) is 0.679. The lowest BCUT2D eigenvalue weighted by Gasteiger charge is -2.44. The molecule has 0 radical (unpaired) electrons. The lowest BCUT2D eigenvalue weighted by Crippen LogP contribution is -2.35. The molecule has 0 N–H and O–H groups in total. The van der Waals surface area contributed by atoms with Gasteiger partial charge in [-0.05, 0) is 100 Å². The Kier molecular flexibility index (Phi) is 6.62. The van der Waals surface area contributed by atoms with Crippen LogP contribution in [0, 0.1) is 11.3 Å². The summed E-state index contributed by atoms with van der Waals surface area (Å²) in [7, 11) is 0. The van der Waals surface area contributed by atoms with Crippen molar-refractivity contribution < 1.29 is 4.74 Å². The normalized spacial score (nSPS) is 32.4. The lowest BCUT2D eigenvalue weighted by molar-refractivity contribution is -0.0216. The van der Waals surface area contributed by atoms with E-state index in [4.69, 9.17) is 4.74 Å². The second-order valence-corrected chi connectivity index (χ2v) is 9.10. The molecule has 1 aromatic rings. The molecule has 3 aliphatic rings. The van der Waals surface area contributed by atoms with Crippen LogP contribution in [0.15, 0.2) is 30.6 Å². The molecule has 2 saturated carbocycles. The SMILES string of the molecule is C(=C/C1CCC2(CC1)CCC(OCCN1CCCC1)CC2)/c1cccnc1. The maximum absolute atomic E-state index is 6.23. The van der Waals surface area contributed by atoms with E-state index in [1.807, 2.05) is 18.5 Å². The molecule has 1 aromatic heterocycles. The van der Waals surface area contributed by atoms with Crippen LogP contribution in [0.25, 0.3) is 6.08 Å². The highest BCUT2D eigenvalue weighted by atomic mass is 16.5. The molecule has 27 heavy (non-hydrogen) atoms. The van der Waals surface area contributed by atoms with Crippen LogP contribution >= 0.6 is 0 Å². The van der Waals surface area contributed by atoms with Crippen LogP contribution in [-0.2, 0) is 4.74 Å². The second kappa shape index (κ2) is 9.34. The van der Waals surface area contributed by atoms with Gasteiger partial charge in [0, 0.05) is 18.9 Å². The van der Waals surface area contributed by atoms with Crippen molar-refractivity contribution in [1.29, 1.82) is 0 Å². The van der Waals surface area contributed by atoms with Gasteiger partial charge in [-0.15, -0.1) is 0 Å². The molecule has 1 spiro atoms. The first-order chi connectivity index (χ1) is 13.3. The van der Waals surface area contributed by atoms with E-state index in [2.05, 4.69) is 28.1 Å². The molecule has 3 heteroatoms. The molecule has 0 unspecified atom stereocenters. The topological polar surface area (TPSA) is 25.4 Å². The summed E-state index contributed by atoms with van der Waals surface area (Å²) in [5.41, 5.74) is 1.86. The summed E-state index contributed by atoms with van der Waals surface area (Å²) < 4.78 is 6.23. The zero-order valence-corrected chi connectivity index (χ0v) is 16.8. The van der Waals surface area contributed by atoms with Crippen LogP contribution in [-0.4, -0.2) is 42.2 Å². The average molecular weight is 369 g/mol. The molecule has 0 amide bonds. The van der Waals surface area contributed by atoms with Crippen molar-refractivity contribution >= 4 is 6.08 Å². The van der Waals surface area contributed by atoms with Crippen LogP contribution < -0.4 is 0 Å². The van der Waals surface area contributed by atoms with Crippen molar-refractivity contribution in [2.24, 2.45) is 11.3 Å². The average Bonchev–Trinajstić information content (AvgIpc) is 3.24. The maximum atomic E-state index is 6.23. The van der Waals surface area contributed by atoms with Gasteiger partial charge >= 0.3 is 0 Å². The van der Waals surface area contributed by atoms with Gasteiger partial charge in [0.05, 0.1) is 12.7 Å². The van der Waals surface area contributed by atoms with Crippen molar-refractivity contribution in [3.05, 3.63) is 36.2 Å². The minimum absolute atomic E-state index is 0.529. The minimum atomic E-state index is 0.529. The molecular weight excluding hydrogens is 332 g/mol. The number of hydrogen-bond donors (Lipinski definition) is 0. The highest BCUT2D eigenvalue weighted by Crippen LogP contribution is 2.49. The van der Waals surface area contributed by atoms with Crippen LogP contribution in [0.2, 0.25) is 0 Å². The Balaban J connectivity index is 1.16. The summed E-state index contributed by atoms with van der Waals surface area (Å²) in [5, 5.41) is 0. The van der Waals surface area contributed by atoms with Crippen molar-refractivity contribution in [2.75, 3.05) is 26.2 Å². The third-order valence-corrected chi connectivity index (χ3v) is 7.29. The molecule has 2 heterocycles. The number of pyridine rings is 1. The van der Waals surface area contributed by atoms with Crippen molar-refractivity contribution in [3.8, 4) is 0 Å². The molecule has 3 nitrogen and oxygen atoms in total. The van der Waals surface area contributed by atoms with E-state index in [-0.39, 0.29) is 0 Å². The Morgan fingerprint density at radius 2 is 1.81 bits per heavy atom. The number of likely N-dealkylation sites (tertiary alicyclic amines) is 1. The van der Waals surface area contributed by atoms with Gasteiger partial charge in [0.25, 0.3) is 0 Å². The van der Waals surface area contributed by atoms with Gasteiger partial charge in [0.2, 0.25) is 0 Å². The largest absolute Gasteiger partial charge is 0.377 e. The smallest absolute Gasteiger partial charge is 0.0597 e. The fraction of sp³-hybridized carbons (Fsp3) is 0.708. The Bertz CT molecular complexity index is 576. The number of nitrogens with zero attached hydrogens (tertiary/aromatic N) is 2. The summed E-state index contributed by atoms with van der Waals surface area (Å²) in [6.07, 6.45) is 22.7. The van der Waals surface area contributed by atoms with Crippen molar-refractivity contribution in [3.63, 3.8) is 0 Å². The van der Waals surface area contributed by atoms with Gasteiger partial charge in [0.15, 0.2) is 0 Å². The zero-order valence-electron chi connectivity index (χ0n) is 16.8. The van der Waals surface area contributed by atoms with Gasteiger partial charge in [-0.2, -0.15) is 0 Å². The van der Waals surface area contributed by atoms with Crippen molar-refractivity contribution in [1.82, 2.24) is 9.88 Å². The maximum Gasteiger partial charge on any atom is 0.0597 e. The second-order valence-electron chi connectivity index (χ2n) is 9.10. The highest BCUT2D eigenvalue weighted by molar-refractivity contribution is 5.47. The number of rotatable bonds is 6. The molecule has 2 aliphatic carbocycles. The summed E-state index contributed by atoms with van der Waals surface area (Å²) in [6, 6.07) is 4.15. The molecule has 0 bridgehead atoms. The number of allylic oxidation sites excluding steroid dienone is 1. The van der Waals surface area contributed by atoms with Gasteiger partial charge in [0.1, 0.15) is 0 Å². The minimum Gasteiger partial charge on any atom is -0.377 e. The molecule has 1 aliphatic heterocycles. The number of ether oxygens (including phenoxy) is 1. The molecule has 148 valence electrons. The van der Waals surface area contributed by atoms with Crippen LogP contribution in [0.5, 0.6) is 0 Å². The molecule has 0 atom stereocenters. The van der Waals surface area contributed by atoms with E-state index in [1.165, 1.54) is 82.9 Å². The van der Waals surface area contributed by atoms with E-state index in [1.54, 1.807) is 0 Å². The third-order valence-electron chi connectivity index (χ3n) is 7.29. The van der Waals surface area contributed by atoms with E-state index in [0.29, 0.717) is 11.5 Å². The standard InChI is InChI=1S/C24H36N2O/c1-2-17-26(16-1)18-19-27-23-9-13-24(14-10-23)11-7-21(8-12-24)5-6-22-4-3-15-25-20-22/h3-6,15,20-21,23H,1-2,7-14,16-19H2/b6-5-. The Hall–Kier alpha value is -1.19. The monoisotopic (exact) mass is 368 g/mol. The Labute approximate surface area is 165 Å². The van der Waals surface area contributed by atoms with Crippen molar-refractivity contribution in [2.45, 2.75) is 70.3 Å². The lowest BCUT2D eigenvalue weighted by atomic mass is 9.63. The molecule has 1 saturated heterocycles. The molecule has 3 fully saturated rings. The first kappa shape index (κ1) is 19.1. The summed E-state index contributed by atoms with van der Waals surface area (Å²) in [4.78, 5) is 6.76. The van der Waals surface area contributed by atoms with Crippen LogP contribution in [0.4, 0.5) is 0 Å². The Morgan fingerprint density at radius 3 is 2.52 bits per heavy atom. The number of aromatic nitrogens is 1. The number of hydrogen-bond acceptors (Lipinski definition) is 3. The van der Waals surface area contributed by atoms with E-state index in [9.17, 15) is 0 Å². The molecule has 4 rings (SSSR count). The van der Waals surface area contributed by atoms with Gasteiger partial charge < -0.3 is 9.64 Å². The summed E-state index contributed by atoms with van der Waals surface area (Å²) in [5.74, 6) is 0.755. The highest BCUT2D eigenvalue weighted by Gasteiger charge is 2.38. The van der Waals surface area contributed by atoms with E-state index < -0.39 is 0 Å². The Morgan fingerprint density at radius 1 is 1.07 bits per heavy atom. The first-order valence-electron chi connectivity index (χ1n) is 11.2. The first-order valence-corrected chi connectivity index (χ1v) is 11.2. The fourth-order valence-corrected chi connectivity index (χ4v) is 5.39. The zero-order chi connectivity index (χ0) is 18.4. The van der Waals surface area contributed by atoms with Gasteiger partial charge in [-0.1, -0.05) is 18.2 Å². The predicted octanol–water partition coefficient (Wildman–Crippen LogP) is 5.33.